The number of hydrogen-bond donors (Lipinski definition) is 1. The molecule has 4 nitrogen and oxygen atoms in total. The summed E-state index contributed by atoms with van der Waals surface area (Å²) in [5.74, 6) is 0.0605. The van der Waals surface area contributed by atoms with Crippen LogP contribution in [0.25, 0.3) is 0 Å². The monoisotopic (exact) mass is 246 g/mol. The standard InChI is InChI=1S/C14H18N2O2/c17-13-10-18-14(6-8-15-9-7-14)11-16(13)12-4-2-1-3-5-12/h1-5,15H,6-11H2. The molecule has 0 radical (unpaired) electrons. The predicted octanol–water partition coefficient (Wildman–Crippen LogP) is 1.17. The van der Waals surface area contributed by atoms with Gasteiger partial charge in [0.15, 0.2) is 0 Å². The van der Waals surface area contributed by atoms with Gasteiger partial charge in [0.1, 0.15) is 6.61 Å². The van der Waals surface area contributed by atoms with Gasteiger partial charge >= 0.3 is 0 Å². The summed E-state index contributed by atoms with van der Waals surface area (Å²) in [7, 11) is 0. The van der Waals surface area contributed by atoms with E-state index in [2.05, 4.69) is 5.32 Å². The number of carbonyl (C=O) groups excluding carboxylic acids is 1. The third kappa shape index (κ3) is 2.13. The lowest BCUT2D eigenvalue weighted by Crippen LogP contribution is -2.58. The Bertz CT molecular complexity index is 427. The van der Waals surface area contributed by atoms with E-state index in [0.29, 0.717) is 6.54 Å². The zero-order valence-corrected chi connectivity index (χ0v) is 10.4. The molecule has 2 aliphatic rings. The summed E-state index contributed by atoms with van der Waals surface area (Å²) >= 11 is 0. The molecule has 2 saturated heterocycles. The Labute approximate surface area is 107 Å². The van der Waals surface area contributed by atoms with Gasteiger partial charge in [-0.1, -0.05) is 18.2 Å². The number of nitrogens with one attached hydrogen (secondary N) is 1. The third-order valence-electron chi connectivity index (χ3n) is 3.83. The maximum atomic E-state index is 12.0. The van der Waals surface area contributed by atoms with E-state index in [-0.39, 0.29) is 18.1 Å². The average molecular weight is 246 g/mol. The number of amides is 1. The molecule has 2 fully saturated rings. The SMILES string of the molecule is O=C1COC2(CCNCC2)CN1c1ccccc1. The molecule has 18 heavy (non-hydrogen) atoms. The van der Waals surface area contributed by atoms with Gasteiger partial charge in [-0.2, -0.15) is 0 Å². The lowest BCUT2D eigenvalue weighted by atomic mass is 9.90. The maximum absolute atomic E-state index is 12.0. The highest BCUT2D eigenvalue weighted by atomic mass is 16.5. The number of benzene rings is 1. The maximum Gasteiger partial charge on any atom is 0.253 e. The number of piperidine rings is 1. The van der Waals surface area contributed by atoms with Crippen LogP contribution in [0.4, 0.5) is 5.69 Å². The summed E-state index contributed by atoms with van der Waals surface area (Å²) in [6, 6.07) is 9.87. The van der Waals surface area contributed by atoms with E-state index < -0.39 is 0 Å². The Kier molecular flexibility index (Phi) is 3.06. The van der Waals surface area contributed by atoms with Gasteiger partial charge < -0.3 is 15.0 Å². The molecular formula is C14H18N2O2. The van der Waals surface area contributed by atoms with Gasteiger partial charge in [-0.25, -0.2) is 0 Å². The van der Waals surface area contributed by atoms with Crippen molar-refractivity contribution in [1.82, 2.24) is 5.32 Å². The van der Waals surface area contributed by atoms with Crippen LogP contribution in [0.3, 0.4) is 0 Å². The highest BCUT2D eigenvalue weighted by Crippen LogP contribution is 2.30. The number of anilines is 1. The zero-order chi connectivity index (χ0) is 12.4. The molecule has 3 rings (SSSR count). The molecule has 0 saturated carbocycles. The summed E-state index contributed by atoms with van der Waals surface area (Å²) in [4.78, 5) is 13.9. The molecule has 1 spiro atoms. The van der Waals surface area contributed by atoms with Gasteiger partial charge in [0.25, 0.3) is 5.91 Å². The third-order valence-corrected chi connectivity index (χ3v) is 3.83. The van der Waals surface area contributed by atoms with Gasteiger partial charge in [0.05, 0.1) is 12.1 Å². The topological polar surface area (TPSA) is 41.6 Å². The first-order valence-electron chi connectivity index (χ1n) is 6.49. The highest BCUT2D eigenvalue weighted by Gasteiger charge is 2.41. The molecule has 2 aliphatic heterocycles. The molecule has 4 heteroatoms. The van der Waals surface area contributed by atoms with Crippen LogP contribution < -0.4 is 10.2 Å². The van der Waals surface area contributed by atoms with Gasteiger partial charge in [-0.3, -0.25) is 4.79 Å². The second kappa shape index (κ2) is 4.71. The number of carbonyl (C=O) groups is 1. The molecule has 1 amide bonds. The average Bonchev–Trinajstić information content (AvgIpc) is 2.44. The molecule has 1 N–H and O–H groups in total. The minimum absolute atomic E-state index is 0.0605. The fourth-order valence-electron chi connectivity index (χ4n) is 2.74. The molecule has 0 aromatic heterocycles. The van der Waals surface area contributed by atoms with Crippen molar-refractivity contribution in [3.8, 4) is 0 Å². The van der Waals surface area contributed by atoms with Gasteiger partial charge in [0.2, 0.25) is 0 Å². The minimum Gasteiger partial charge on any atom is -0.363 e. The van der Waals surface area contributed by atoms with Crippen molar-refractivity contribution in [2.75, 3.05) is 31.1 Å². The lowest BCUT2D eigenvalue weighted by Gasteiger charge is -2.44. The van der Waals surface area contributed by atoms with Crippen LogP contribution in [0.2, 0.25) is 0 Å². The van der Waals surface area contributed by atoms with E-state index >= 15 is 0 Å². The first kappa shape index (κ1) is 11.7. The van der Waals surface area contributed by atoms with Crippen LogP contribution in [0, 0.1) is 0 Å². The van der Waals surface area contributed by atoms with Crippen molar-refractivity contribution < 1.29 is 9.53 Å². The smallest absolute Gasteiger partial charge is 0.253 e. The Morgan fingerprint density at radius 1 is 1.17 bits per heavy atom. The Morgan fingerprint density at radius 3 is 2.61 bits per heavy atom. The summed E-state index contributed by atoms with van der Waals surface area (Å²) in [5, 5.41) is 3.34. The fraction of sp³-hybridized carbons (Fsp3) is 0.500. The molecule has 1 aromatic rings. The van der Waals surface area contributed by atoms with E-state index in [9.17, 15) is 4.79 Å². The van der Waals surface area contributed by atoms with E-state index in [1.54, 1.807) is 0 Å². The largest absolute Gasteiger partial charge is 0.363 e. The van der Waals surface area contributed by atoms with Crippen LogP contribution in [-0.2, 0) is 9.53 Å². The molecule has 96 valence electrons. The summed E-state index contributed by atoms with van der Waals surface area (Å²) in [6.45, 7) is 2.82. The van der Waals surface area contributed by atoms with Crippen LogP contribution in [0.5, 0.6) is 0 Å². The number of ether oxygens (including phenoxy) is 1. The van der Waals surface area contributed by atoms with E-state index in [1.807, 2.05) is 35.2 Å². The summed E-state index contributed by atoms with van der Waals surface area (Å²) < 4.78 is 5.84. The molecule has 2 heterocycles. The number of morpholine rings is 1. The van der Waals surface area contributed by atoms with Crippen molar-refractivity contribution in [3.63, 3.8) is 0 Å². The number of hydrogen-bond acceptors (Lipinski definition) is 3. The second-order valence-corrected chi connectivity index (χ2v) is 5.04. The highest BCUT2D eigenvalue weighted by molar-refractivity contribution is 5.95. The Balaban J connectivity index is 1.83. The van der Waals surface area contributed by atoms with Crippen molar-refractivity contribution in [2.24, 2.45) is 0 Å². The number of nitrogens with zero attached hydrogens (tertiary/aromatic N) is 1. The van der Waals surface area contributed by atoms with Crippen molar-refractivity contribution in [2.45, 2.75) is 18.4 Å². The Hall–Kier alpha value is -1.39. The van der Waals surface area contributed by atoms with Crippen LogP contribution >= 0.6 is 0 Å². The molecule has 0 unspecified atom stereocenters. The molecule has 0 atom stereocenters. The normalized spacial score (nSPS) is 23.3. The van der Waals surface area contributed by atoms with Crippen LogP contribution in [0.15, 0.2) is 30.3 Å². The van der Waals surface area contributed by atoms with Crippen molar-refractivity contribution in [3.05, 3.63) is 30.3 Å². The Morgan fingerprint density at radius 2 is 1.89 bits per heavy atom. The number of rotatable bonds is 1. The van der Waals surface area contributed by atoms with E-state index in [0.717, 1.165) is 31.6 Å². The molecule has 1 aromatic carbocycles. The van der Waals surface area contributed by atoms with E-state index in [1.165, 1.54) is 0 Å². The van der Waals surface area contributed by atoms with E-state index in [4.69, 9.17) is 4.74 Å². The van der Waals surface area contributed by atoms with Gasteiger partial charge in [-0.15, -0.1) is 0 Å². The minimum atomic E-state index is -0.144. The first-order chi connectivity index (χ1) is 8.79. The lowest BCUT2D eigenvalue weighted by molar-refractivity contribution is -0.141. The van der Waals surface area contributed by atoms with Crippen molar-refractivity contribution >= 4 is 11.6 Å². The summed E-state index contributed by atoms with van der Waals surface area (Å²) in [5.41, 5.74) is 0.832. The quantitative estimate of drug-likeness (QED) is 0.809. The van der Waals surface area contributed by atoms with Crippen LogP contribution in [0.1, 0.15) is 12.8 Å². The first-order valence-corrected chi connectivity index (χ1v) is 6.49. The molecule has 0 aliphatic carbocycles. The summed E-state index contributed by atoms with van der Waals surface area (Å²) in [6.07, 6.45) is 1.95. The predicted molar refractivity (Wildman–Crippen MR) is 69.6 cm³/mol. The van der Waals surface area contributed by atoms with Gasteiger partial charge in [-0.05, 0) is 38.1 Å². The molecule has 0 bridgehead atoms. The second-order valence-electron chi connectivity index (χ2n) is 5.04. The molecular weight excluding hydrogens is 228 g/mol. The van der Waals surface area contributed by atoms with Crippen LogP contribution in [-0.4, -0.2) is 37.7 Å². The zero-order valence-electron chi connectivity index (χ0n) is 10.4. The fourth-order valence-corrected chi connectivity index (χ4v) is 2.74. The number of para-hydroxylation sites is 1. The van der Waals surface area contributed by atoms with Gasteiger partial charge in [0, 0.05) is 5.69 Å². The van der Waals surface area contributed by atoms with Crippen molar-refractivity contribution in [1.29, 1.82) is 0 Å².